The molecule has 4 heteroatoms. The molecule has 0 radical (unpaired) electrons. The van der Waals surface area contributed by atoms with Crippen LogP contribution in [0.3, 0.4) is 0 Å². The molecule has 1 aliphatic rings. The maximum absolute atomic E-state index is 8.46. The van der Waals surface area contributed by atoms with E-state index in [1.807, 2.05) is 31.2 Å². The third-order valence-electron chi connectivity index (χ3n) is 1.47. The second-order valence-electron chi connectivity index (χ2n) is 2.40. The molecule has 1 heterocycles. The highest BCUT2D eigenvalue weighted by Gasteiger charge is 2.06. The Balaban J connectivity index is 2.79. The van der Waals surface area contributed by atoms with Gasteiger partial charge in [0.1, 0.15) is 0 Å². The maximum Gasteiger partial charge on any atom is 0.311 e. The minimum absolute atomic E-state index is 0.284. The van der Waals surface area contributed by atoms with Gasteiger partial charge in [-0.2, -0.15) is 5.26 Å². The van der Waals surface area contributed by atoms with Crippen LogP contribution in [-0.4, -0.2) is 17.5 Å². The molecule has 0 saturated carbocycles. The normalized spacial score (nSPS) is 15.1. The first-order chi connectivity index (χ1) is 6.88. The van der Waals surface area contributed by atoms with Crippen LogP contribution in [0.25, 0.3) is 0 Å². The average molecular weight is 189 g/mol. The van der Waals surface area contributed by atoms with Gasteiger partial charge in [-0.1, -0.05) is 12.2 Å². The molecule has 14 heavy (non-hydrogen) atoms. The number of hydrogen-bond donors (Lipinski definition) is 0. The van der Waals surface area contributed by atoms with Gasteiger partial charge < -0.3 is 4.74 Å². The van der Waals surface area contributed by atoms with E-state index in [4.69, 9.17) is 10.00 Å². The number of amidine groups is 1. The summed E-state index contributed by atoms with van der Waals surface area (Å²) in [6, 6.07) is 0.284. The van der Waals surface area contributed by atoms with Crippen molar-refractivity contribution >= 4 is 6.02 Å². The van der Waals surface area contributed by atoms with E-state index >= 15 is 0 Å². The summed E-state index contributed by atoms with van der Waals surface area (Å²) in [6.45, 7) is 2.32. The fraction of sp³-hybridized carbons (Fsp3) is 0.200. The Morgan fingerprint density at radius 1 is 1.36 bits per heavy atom. The highest BCUT2D eigenvalue weighted by Crippen LogP contribution is 2.01. The standard InChI is InChI=1S/C10H11N3O/c1-2-14-10(12-9-11)13-7-5-3-4-6-8-13/h3-8H,2H2,1H3. The zero-order valence-corrected chi connectivity index (χ0v) is 7.92. The number of ether oxygens (including phenoxy) is 1. The first-order valence-electron chi connectivity index (χ1n) is 4.28. The van der Waals surface area contributed by atoms with Gasteiger partial charge >= 0.3 is 6.02 Å². The summed E-state index contributed by atoms with van der Waals surface area (Å²) in [5.74, 6) is 0. The Labute approximate surface area is 83.1 Å². The minimum atomic E-state index is 0.284. The van der Waals surface area contributed by atoms with E-state index in [9.17, 15) is 0 Å². The molecule has 0 unspecified atom stereocenters. The number of nitrogens with zero attached hydrogens (tertiary/aromatic N) is 3. The van der Waals surface area contributed by atoms with Crippen molar-refractivity contribution in [1.82, 2.24) is 4.90 Å². The first-order valence-corrected chi connectivity index (χ1v) is 4.28. The zero-order chi connectivity index (χ0) is 10.2. The van der Waals surface area contributed by atoms with Crippen LogP contribution in [-0.2, 0) is 4.74 Å². The van der Waals surface area contributed by atoms with Crippen molar-refractivity contribution in [2.75, 3.05) is 6.61 Å². The van der Waals surface area contributed by atoms with Crippen LogP contribution in [0, 0.1) is 11.5 Å². The lowest BCUT2D eigenvalue weighted by Gasteiger charge is -2.15. The molecule has 0 aromatic carbocycles. The van der Waals surface area contributed by atoms with Gasteiger partial charge in [-0.05, 0) is 19.1 Å². The number of allylic oxidation sites excluding steroid dienone is 4. The zero-order valence-electron chi connectivity index (χ0n) is 7.92. The molecule has 72 valence electrons. The fourth-order valence-electron chi connectivity index (χ4n) is 0.927. The Kier molecular flexibility index (Phi) is 4.02. The molecule has 0 aromatic heterocycles. The quantitative estimate of drug-likeness (QED) is 0.359. The van der Waals surface area contributed by atoms with Crippen molar-refractivity contribution in [3.63, 3.8) is 0 Å². The number of nitriles is 1. The van der Waals surface area contributed by atoms with Crippen molar-refractivity contribution in [3.8, 4) is 6.19 Å². The Morgan fingerprint density at radius 3 is 2.50 bits per heavy atom. The number of rotatable bonds is 1. The van der Waals surface area contributed by atoms with Gasteiger partial charge in [0.05, 0.1) is 6.61 Å². The highest BCUT2D eigenvalue weighted by molar-refractivity contribution is 5.77. The van der Waals surface area contributed by atoms with Gasteiger partial charge in [0, 0.05) is 12.4 Å². The molecular weight excluding hydrogens is 178 g/mol. The van der Waals surface area contributed by atoms with Gasteiger partial charge in [0.15, 0.2) is 0 Å². The third-order valence-corrected chi connectivity index (χ3v) is 1.47. The van der Waals surface area contributed by atoms with Crippen LogP contribution in [0.15, 0.2) is 41.7 Å². The molecule has 0 saturated heterocycles. The average Bonchev–Trinajstić information content (AvgIpc) is 2.45. The molecule has 0 atom stereocenters. The van der Waals surface area contributed by atoms with Crippen LogP contribution in [0.4, 0.5) is 0 Å². The lowest BCUT2D eigenvalue weighted by molar-refractivity contribution is 0.289. The molecule has 0 fully saturated rings. The second-order valence-corrected chi connectivity index (χ2v) is 2.40. The summed E-state index contributed by atoms with van der Waals surface area (Å²) >= 11 is 0. The van der Waals surface area contributed by atoms with Crippen LogP contribution in [0.5, 0.6) is 0 Å². The summed E-state index contributed by atoms with van der Waals surface area (Å²) in [5.41, 5.74) is 0. The largest absolute Gasteiger partial charge is 0.464 e. The van der Waals surface area contributed by atoms with E-state index in [-0.39, 0.29) is 6.02 Å². The Morgan fingerprint density at radius 2 is 2.00 bits per heavy atom. The molecule has 1 aliphatic heterocycles. The van der Waals surface area contributed by atoms with Crippen LogP contribution < -0.4 is 0 Å². The van der Waals surface area contributed by atoms with Gasteiger partial charge in [-0.3, -0.25) is 4.90 Å². The smallest absolute Gasteiger partial charge is 0.311 e. The van der Waals surface area contributed by atoms with Gasteiger partial charge in [-0.25, -0.2) is 0 Å². The Hall–Kier alpha value is -2.02. The first kappa shape index (κ1) is 10.1. The molecule has 4 nitrogen and oxygen atoms in total. The molecule has 0 amide bonds. The van der Waals surface area contributed by atoms with Crippen LogP contribution >= 0.6 is 0 Å². The van der Waals surface area contributed by atoms with Crippen molar-refractivity contribution in [2.45, 2.75) is 6.92 Å². The molecule has 0 aromatic rings. The SMILES string of the molecule is CCOC(=NC#N)N1C=CC=CC=C1. The number of hydrogen-bond acceptors (Lipinski definition) is 3. The highest BCUT2D eigenvalue weighted by atomic mass is 16.5. The van der Waals surface area contributed by atoms with Gasteiger partial charge in [0.25, 0.3) is 0 Å². The summed E-state index contributed by atoms with van der Waals surface area (Å²) in [5, 5.41) is 8.46. The van der Waals surface area contributed by atoms with E-state index in [1.54, 1.807) is 23.5 Å². The molecular formula is C10H11N3O. The van der Waals surface area contributed by atoms with E-state index in [0.717, 1.165) is 0 Å². The topological polar surface area (TPSA) is 48.6 Å². The van der Waals surface area contributed by atoms with E-state index in [1.165, 1.54) is 0 Å². The van der Waals surface area contributed by atoms with E-state index in [2.05, 4.69) is 4.99 Å². The van der Waals surface area contributed by atoms with Crippen molar-refractivity contribution < 1.29 is 4.74 Å². The van der Waals surface area contributed by atoms with Crippen molar-refractivity contribution in [3.05, 3.63) is 36.7 Å². The van der Waals surface area contributed by atoms with Crippen LogP contribution in [0.2, 0.25) is 0 Å². The lowest BCUT2D eigenvalue weighted by Crippen LogP contribution is -2.22. The maximum atomic E-state index is 8.46. The predicted octanol–water partition coefficient (Wildman–Crippen LogP) is 1.76. The monoisotopic (exact) mass is 189 g/mol. The van der Waals surface area contributed by atoms with Crippen molar-refractivity contribution in [1.29, 1.82) is 5.26 Å². The summed E-state index contributed by atoms with van der Waals surface area (Å²) < 4.78 is 5.20. The molecule has 0 bridgehead atoms. The lowest BCUT2D eigenvalue weighted by atomic mass is 10.5. The van der Waals surface area contributed by atoms with E-state index < -0.39 is 0 Å². The Bertz CT molecular complexity index is 318. The third kappa shape index (κ3) is 2.79. The molecule has 1 rings (SSSR count). The molecule has 0 N–H and O–H groups in total. The van der Waals surface area contributed by atoms with Crippen LogP contribution in [0.1, 0.15) is 6.92 Å². The van der Waals surface area contributed by atoms with Crippen molar-refractivity contribution in [2.24, 2.45) is 4.99 Å². The second kappa shape index (κ2) is 5.60. The fourth-order valence-corrected chi connectivity index (χ4v) is 0.927. The summed E-state index contributed by atoms with van der Waals surface area (Å²) in [4.78, 5) is 5.22. The molecule has 0 spiro atoms. The van der Waals surface area contributed by atoms with E-state index in [0.29, 0.717) is 6.61 Å². The molecule has 0 aliphatic carbocycles. The minimum Gasteiger partial charge on any atom is -0.464 e. The predicted molar refractivity (Wildman–Crippen MR) is 53.9 cm³/mol. The summed E-state index contributed by atoms with van der Waals surface area (Å²) in [6.07, 6.45) is 12.7. The van der Waals surface area contributed by atoms with Gasteiger partial charge in [-0.15, -0.1) is 4.99 Å². The number of aliphatic imine (C=N–C) groups is 1. The summed E-state index contributed by atoms with van der Waals surface area (Å²) in [7, 11) is 0. The van der Waals surface area contributed by atoms with Gasteiger partial charge in [0.2, 0.25) is 6.19 Å².